The van der Waals surface area contributed by atoms with Crippen molar-refractivity contribution in [1.82, 2.24) is 9.97 Å². The van der Waals surface area contributed by atoms with E-state index in [0.29, 0.717) is 11.5 Å². The number of fused-ring (bicyclic) bond motifs is 1. The lowest BCUT2D eigenvalue weighted by Gasteiger charge is -2.07. The van der Waals surface area contributed by atoms with E-state index in [2.05, 4.69) is 15.3 Å². The van der Waals surface area contributed by atoms with E-state index >= 15 is 0 Å². The van der Waals surface area contributed by atoms with Crippen molar-refractivity contribution in [3.63, 3.8) is 0 Å². The fraction of sp³-hybridized carbons (Fsp3) is 0. The van der Waals surface area contributed by atoms with Gasteiger partial charge in [0.25, 0.3) is 5.69 Å². The first-order valence-corrected chi connectivity index (χ1v) is 5.95. The highest BCUT2D eigenvalue weighted by molar-refractivity contribution is 5.90. The summed E-state index contributed by atoms with van der Waals surface area (Å²) < 4.78 is 0. The zero-order valence-corrected chi connectivity index (χ0v) is 10.4. The number of nitro groups is 1. The molecule has 1 heterocycles. The smallest absolute Gasteiger partial charge is 0.271 e. The van der Waals surface area contributed by atoms with Crippen molar-refractivity contribution in [2.75, 3.05) is 5.32 Å². The van der Waals surface area contributed by atoms with E-state index in [-0.39, 0.29) is 5.69 Å². The summed E-state index contributed by atoms with van der Waals surface area (Å²) in [4.78, 5) is 18.7. The van der Waals surface area contributed by atoms with Gasteiger partial charge in [-0.15, -0.1) is 0 Å². The molecule has 0 aliphatic rings. The molecule has 1 aromatic heterocycles. The van der Waals surface area contributed by atoms with Crippen molar-refractivity contribution in [3.05, 3.63) is 65.0 Å². The zero-order valence-electron chi connectivity index (χ0n) is 10.4. The number of rotatable bonds is 3. The van der Waals surface area contributed by atoms with Crippen LogP contribution in [0.4, 0.5) is 17.2 Å². The number of hydrogen-bond donors (Lipinski definition) is 1. The molecule has 6 heteroatoms. The second-order valence-corrected chi connectivity index (χ2v) is 4.17. The number of aromatic nitrogens is 2. The van der Waals surface area contributed by atoms with E-state index in [4.69, 9.17) is 0 Å². The molecule has 0 unspecified atom stereocenters. The minimum atomic E-state index is -0.427. The summed E-state index contributed by atoms with van der Waals surface area (Å²) in [5, 5.41) is 14.7. The second-order valence-electron chi connectivity index (χ2n) is 4.17. The van der Waals surface area contributed by atoms with Gasteiger partial charge in [0.15, 0.2) is 0 Å². The average molecular weight is 266 g/mol. The average Bonchev–Trinajstić information content (AvgIpc) is 2.48. The number of benzene rings is 2. The van der Waals surface area contributed by atoms with Gasteiger partial charge in [0.1, 0.15) is 12.1 Å². The van der Waals surface area contributed by atoms with Crippen molar-refractivity contribution in [3.8, 4) is 0 Å². The summed E-state index contributed by atoms with van der Waals surface area (Å²) in [7, 11) is 0. The summed E-state index contributed by atoms with van der Waals surface area (Å²) in [6.07, 6.45) is 1.46. The van der Waals surface area contributed by atoms with Crippen molar-refractivity contribution < 1.29 is 4.92 Å². The number of nitrogens with one attached hydrogen (secondary N) is 1. The quantitative estimate of drug-likeness (QED) is 0.581. The number of non-ortho nitro benzene ring substituents is 1. The van der Waals surface area contributed by atoms with Crippen LogP contribution in [0.5, 0.6) is 0 Å². The molecule has 0 bridgehead atoms. The maximum Gasteiger partial charge on any atom is 0.271 e. The second kappa shape index (κ2) is 4.93. The number of nitrogens with zero attached hydrogens (tertiary/aromatic N) is 3. The Bertz CT molecular complexity index is 783. The Labute approximate surface area is 114 Å². The molecule has 0 fully saturated rings. The maximum absolute atomic E-state index is 10.8. The summed E-state index contributed by atoms with van der Waals surface area (Å²) in [5.41, 5.74) is 1.46. The van der Waals surface area contributed by atoms with Crippen LogP contribution >= 0.6 is 0 Å². The molecule has 3 rings (SSSR count). The molecule has 0 aliphatic heterocycles. The Morgan fingerprint density at radius 1 is 1.05 bits per heavy atom. The van der Waals surface area contributed by atoms with Gasteiger partial charge in [-0.05, 0) is 18.2 Å². The molecule has 2 aromatic carbocycles. The van der Waals surface area contributed by atoms with Gasteiger partial charge in [0.05, 0.1) is 10.4 Å². The minimum absolute atomic E-state index is 0.0355. The Morgan fingerprint density at radius 2 is 1.90 bits per heavy atom. The maximum atomic E-state index is 10.8. The molecule has 0 aliphatic carbocycles. The topological polar surface area (TPSA) is 81.0 Å². The normalized spacial score (nSPS) is 10.4. The molecule has 0 amide bonds. The number of anilines is 2. The van der Waals surface area contributed by atoms with Crippen molar-refractivity contribution in [1.29, 1.82) is 0 Å². The van der Waals surface area contributed by atoms with Crippen LogP contribution in [-0.4, -0.2) is 14.9 Å². The highest BCUT2D eigenvalue weighted by Crippen LogP contribution is 2.24. The lowest BCUT2D eigenvalue weighted by Crippen LogP contribution is -1.96. The van der Waals surface area contributed by atoms with Crippen LogP contribution in [0.2, 0.25) is 0 Å². The van der Waals surface area contributed by atoms with E-state index in [1.807, 2.05) is 24.3 Å². The third-order valence-electron chi connectivity index (χ3n) is 2.86. The fourth-order valence-corrected chi connectivity index (χ4v) is 1.94. The molecular weight excluding hydrogens is 256 g/mol. The molecule has 3 aromatic rings. The largest absolute Gasteiger partial charge is 0.339 e. The van der Waals surface area contributed by atoms with Gasteiger partial charge in [0, 0.05) is 23.2 Å². The highest BCUT2D eigenvalue weighted by Gasteiger charge is 2.07. The standard InChI is InChI=1S/C14H10N4O2/c19-18(20)11-5-3-4-10(8-11)17-14-12-6-1-2-7-13(12)15-9-16-14/h1-9H,(H,15,16,17). The predicted octanol–water partition coefficient (Wildman–Crippen LogP) is 3.28. The van der Waals surface area contributed by atoms with Crippen LogP contribution in [0.15, 0.2) is 54.9 Å². The van der Waals surface area contributed by atoms with E-state index < -0.39 is 4.92 Å². The third-order valence-corrected chi connectivity index (χ3v) is 2.86. The zero-order chi connectivity index (χ0) is 13.9. The first-order chi connectivity index (χ1) is 9.74. The van der Waals surface area contributed by atoms with Crippen LogP contribution in [0.1, 0.15) is 0 Å². The van der Waals surface area contributed by atoms with Gasteiger partial charge in [-0.1, -0.05) is 18.2 Å². The molecule has 20 heavy (non-hydrogen) atoms. The lowest BCUT2D eigenvalue weighted by atomic mass is 10.2. The number of nitro benzene ring substituents is 1. The summed E-state index contributed by atoms with van der Waals surface area (Å²) >= 11 is 0. The summed E-state index contributed by atoms with van der Waals surface area (Å²) in [5.74, 6) is 0.621. The molecule has 0 radical (unpaired) electrons. The van der Waals surface area contributed by atoms with Crippen LogP contribution in [0.3, 0.4) is 0 Å². The van der Waals surface area contributed by atoms with Gasteiger partial charge in [-0.25, -0.2) is 9.97 Å². The third kappa shape index (κ3) is 2.26. The number of hydrogen-bond acceptors (Lipinski definition) is 5. The molecule has 1 N–H and O–H groups in total. The summed E-state index contributed by atoms with van der Waals surface area (Å²) in [6.45, 7) is 0. The molecule has 0 atom stereocenters. The van der Waals surface area contributed by atoms with E-state index in [1.165, 1.54) is 18.5 Å². The van der Waals surface area contributed by atoms with Crippen LogP contribution in [0, 0.1) is 10.1 Å². The molecule has 6 nitrogen and oxygen atoms in total. The van der Waals surface area contributed by atoms with Crippen LogP contribution < -0.4 is 5.32 Å². The van der Waals surface area contributed by atoms with E-state index in [0.717, 1.165) is 10.9 Å². The summed E-state index contributed by atoms with van der Waals surface area (Å²) in [6, 6.07) is 13.9. The van der Waals surface area contributed by atoms with E-state index in [1.54, 1.807) is 12.1 Å². The van der Waals surface area contributed by atoms with Gasteiger partial charge >= 0.3 is 0 Å². The SMILES string of the molecule is O=[N+]([O-])c1cccc(Nc2ncnc3ccccc23)c1. The first-order valence-electron chi connectivity index (χ1n) is 5.95. The van der Waals surface area contributed by atoms with Gasteiger partial charge in [-0.2, -0.15) is 0 Å². The van der Waals surface area contributed by atoms with Gasteiger partial charge in [-0.3, -0.25) is 10.1 Å². The van der Waals surface area contributed by atoms with E-state index in [9.17, 15) is 10.1 Å². The van der Waals surface area contributed by atoms with Crippen molar-refractivity contribution in [2.45, 2.75) is 0 Å². The molecule has 0 saturated heterocycles. The Balaban J connectivity index is 2.01. The van der Waals surface area contributed by atoms with Crippen molar-refractivity contribution in [2.24, 2.45) is 0 Å². The van der Waals surface area contributed by atoms with Gasteiger partial charge < -0.3 is 5.32 Å². The lowest BCUT2D eigenvalue weighted by molar-refractivity contribution is -0.384. The van der Waals surface area contributed by atoms with Crippen LogP contribution in [0.25, 0.3) is 10.9 Å². The highest BCUT2D eigenvalue weighted by atomic mass is 16.6. The Kier molecular flexibility index (Phi) is 2.96. The predicted molar refractivity (Wildman–Crippen MR) is 75.9 cm³/mol. The minimum Gasteiger partial charge on any atom is -0.339 e. The Morgan fingerprint density at radius 3 is 2.75 bits per heavy atom. The number of para-hydroxylation sites is 1. The first kappa shape index (κ1) is 12.0. The Hall–Kier alpha value is -3.02. The monoisotopic (exact) mass is 266 g/mol. The fourth-order valence-electron chi connectivity index (χ4n) is 1.94. The molecule has 0 saturated carbocycles. The molecule has 0 spiro atoms. The van der Waals surface area contributed by atoms with Crippen LogP contribution in [-0.2, 0) is 0 Å². The van der Waals surface area contributed by atoms with Crippen molar-refractivity contribution >= 4 is 28.1 Å². The van der Waals surface area contributed by atoms with Gasteiger partial charge in [0.2, 0.25) is 0 Å². The molecular formula is C14H10N4O2. The molecule has 98 valence electrons.